The second-order valence-electron chi connectivity index (χ2n) is 6.90. The van der Waals surface area contributed by atoms with Crippen LogP contribution in [0, 0.1) is 0 Å². The second kappa shape index (κ2) is 11.6. The molecule has 1 heterocycles. The van der Waals surface area contributed by atoms with Crippen LogP contribution in [0.3, 0.4) is 0 Å². The number of aromatic nitrogens is 2. The largest absolute Gasteiger partial charge is 0.354 e. The standard InChI is InChI=1S/C20H29N5OS.HI/c1-4-6-18-24-19(26-25-18)15-8-5-7-14(11-15)13-22-20(21-2)23-16-9-10-17(12-16)27-3;/h5,7-8,11,16-17H,4,6,9-10,12-13H2,1-3H3,(H2,21,22,23);1H. The van der Waals surface area contributed by atoms with Crippen molar-refractivity contribution in [2.24, 2.45) is 4.99 Å². The Labute approximate surface area is 188 Å². The summed E-state index contributed by atoms with van der Waals surface area (Å²) in [6.07, 6.45) is 7.73. The summed E-state index contributed by atoms with van der Waals surface area (Å²) < 4.78 is 5.39. The molecule has 0 amide bonds. The van der Waals surface area contributed by atoms with E-state index in [1.54, 1.807) is 0 Å². The third kappa shape index (κ3) is 6.37. The first kappa shape index (κ1) is 23.0. The van der Waals surface area contributed by atoms with E-state index in [4.69, 9.17) is 4.52 Å². The van der Waals surface area contributed by atoms with E-state index >= 15 is 0 Å². The van der Waals surface area contributed by atoms with Gasteiger partial charge in [-0.05, 0) is 49.6 Å². The van der Waals surface area contributed by atoms with Gasteiger partial charge in [0.15, 0.2) is 11.8 Å². The summed E-state index contributed by atoms with van der Waals surface area (Å²) in [7, 11) is 1.82. The minimum Gasteiger partial charge on any atom is -0.354 e. The van der Waals surface area contributed by atoms with Crippen LogP contribution in [0.1, 0.15) is 44.0 Å². The van der Waals surface area contributed by atoms with Crippen LogP contribution in [-0.4, -0.2) is 40.7 Å². The average molecular weight is 515 g/mol. The van der Waals surface area contributed by atoms with Crippen molar-refractivity contribution in [2.75, 3.05) is 13.3 Å². The van der Waals surface area contributed by atoms with Crippen molar-refractivity contribution in [2.45, 2.75) is 56.9 Å². The molecule has 6 nitrogen and oxygen atoms in total. The lowest BCUT2D eigenvalue weighted by molar-refractivity contribution is 0.422. The molecule has 154 valence electrons. The van der Waals surface area contributed by atoms with Gasteiger partial charge in [0.2, 0.25) is 0 Å². The van der Waals surface area contributed by atoms with E-state index in [2.05, 4.69) is 51.1 Å². The molecule has 1 aromatic heterocycles. The van der Waals surface area contributed by atoms with Crippen LogP contribution in [0.4, 0.5) is 0 Å². The Morgan fingerprint density at radius 2 is 2.21 bits per heavy atom. The van der Waals surface area contributed by atoms with Gasteiger partial charge < -0.3 is 15.2 Å². The van der Waals surface area contributed by atoms with Crippen LogP contribution in [0.5, 0.6) is 0 Å². The smallest absolute Gasteiger partial charge is 0.257 e. The fourth-order valence-corrected chi connectivity index (χ4v) is 4.17. The van der Waals surface area contributed by atoms with Crippen molar-refractivity contribution < 1.29 is 4.52 Å². The summed E-state index contributed by atoms with van der Waals surface area (Å²) in [6.45, 7) is 2.80. The van der Waals surface area contributed by atoms with E-state index in [1.165, 1.54) is 19.3 Å². The third-order valence-corrected chi connectivity index (χ3v) is 5.95. The summed E-state index contributed by atoms with van der Waals surface area (Å²) >= 11 is 1.97. The van der Waals surface area contributed by atoms with Gasteiger partial charge in [0.25, 0.3) is 5.89 Å². The highest BCUT2D eigenvalue weighted by Crippen LogP contribution is 2.28. The molecule has 2 unspecified atom stereocenters. The Balaban J connectivity index is 0.00000280. The monoisotopic (exact) mass is 515 g/mol. The van der Waals surface area contributed by atoms with E-state index in [1.807, 2.05) is 30.9 Å². The lowest BCUT2D eigenvalue weighted by atomic mass is 10.1. The van der Waals surface area contributed by atoms with Crippen LogP contribution in [0.25, 0.3) is 11.5 Å². The number of nitrogens with zero attached hydrogens (tertiary/aromatic N) is 3. The highest BCUT2D eigenvalue weighted by atomic mass is 127. The van der Waals surface area contributed by atoms with Crippen molar-refractivity contribution in [3.05, 3.63) is 35.7 Å². The van der Waals surface area contributed by atoms with Gasteiger partial charge in [-0.15, -0.1) is 24.0 Å². The molecule has 3 rings (SSSR count). The molecule has 1 aromatic carbocycles. The number of hydrogen-bond acceptors (Lipinski definition) is 5. The van der Waals surface area contributed by atoms with Gasteiger partial charge in [0.05, 0.1) is 0 Å². The van der Waals surface area contributed by atoms with Crippen LogP contribution in [-0.2, 0) is 13.0 Å². The molecule has 2 aromatic rings. The minimum absolute atomic E-state index is 0. The van der Waals surface area contributed by atoms with Crippen molar-refractivity contribution in [3.63, 3.8) is 0 Å². The van der Waals surface area contributed by atoms with Crippen molar-refractivity contribution in [1.29, 1.82) is 0 Å². The summed E-state index contributed by atoms with van der Waals surface area (Å²) in [5, 5.41) is 11.8. The SMILES string of the molecule is CCCc1noc(-c2cccc(CNC(=NC)NC3CCC(SC)C3)c2)n1.I. The highest BCUT2D eigenvalue weighted by molar-refractivity contribution is 14.0. The summed E-state index contributed by atoms with van der Waals surface area (Å²) in [4.78, 5) is 8.84. The Bertz CT molecular complexity index is 767. The molecule has 1 fully saturated rings. The minimum atomic E-state index is 0. The topological polar surface area (TPSA) is 75.3 Å². The number of guanidine groups is 1. The van der Waals surface area contributed by atoms with Gasteiger partial charge in [0.1, 0.15) is 0 Å². The highest BCUT2D eigenvalue weighted by Gasteiger charge is 2.24. The molecule has 0 bridgehead atoms. The fourth-order valence-electron chi connectivity index (χ4n) is 3.37. The predicted octanol–water partition coefficient (Wildman–Crippen LogP) is 4.26. The second-order valence-corrected chi connectivity index (χ2v) is 8.04. The third-order valence-electron chi connectivity index (χ3n) is 4.86. The number of nitrogens with one attached hydrogen (secondary N) is 2. The number of aryl methyl sites for hydroxylation is 1. The molecular formula is C20H30IN5OS. The first-order valence-electron chi connectivity index (χ1n) is 9.63. The number of hydrogen-bond donors (Lipinski definition) is 2. The van der Waals surface area contributed by atoms with Gasteiger partial charge in [0, 0.05) is 36.9 Å². The zero-order valence-electron chi connectivity index (χ0n) is 16.8. The lowest BCUT2D eigenvalue weighted by Crippen LogP contribution is -2.42. The Morgan fingerprint density at radius 3 is 2.93 bits per heavy atom. The van der Waals surface area contributed by atoms with E-state index in [0.717, 1.165) is 41.0 Å². The maximum atomic E-state index is 5.39. The van der Waals surface area contributed by atoms with E-state index < -0.39 is 0 Å². The number of thioether (sulfide) groups is 1. The Hall–Kier alpha value is -1.29. The first-order valence-corrected chi connectivity index (χ1v) is 10.9. The molecule has 1 aliphatic carbocycles. The number of halogens is 1. The molecule has 28 heavy (non-hydrogen) atoms. The van der Waals surface area contributed by atoms with Crippen molar-refractivity contribution in [1.82, 2.24) is 20.8 Å². The molecule has 2 N–H and O–H groups in total. The Kier molecular flexibility index (Phi) is 9.57. The summed E-state index contributed by atoms with van der Waals surface area (Å²) in [5.41, 5.74) is 2.10. The molecule has 1 saturated carbocycles. The summed E-state index contributed by atoms with van der Waals surface area (Å²) in [5.74, 6) is 2.20. The van der Waals surface area contributed by atoms with Gasteiger partial charge in [-0.3, -0.25) is 4.99 Å². The van der Waals surface area contributed by atoms with Gasteiger partial charge in [-0.25, -0.2) is 0 Å². The zero-order valence-corrected chi connectivity index (χ0v) is 19.9. The summed E-state index contributed by atoms with van der Waals surface area (Å²) in [6, 6.07) is 8.71. The normalized spacial score (nSPS) is 19.3. The van der Waals surface area contributed by atoms with Crippen molar-refractivity contribution in [3.8, 4) is 11.5 Å². The molecule has 1 aliphatic rings. The molecule has 0 aliphatic heterocycles. The molecule has 0 radical (unpaired) electrons. The molecule has 8 heteroatoms. The molecule has 0 saturated heterocycles. The van der Waals surface area contributed by atoms with E-state index in [-0.39, 0.29) is 24.0 Å². The molecule has 2 atom stereocenters. The molecular weight excluding hydrogens is 485 g/mol. The predicted molar refractivity (Wildman–Crippen MR) is 127 cm³/mol. The van der Waals surface area contributed by atoms with Gasteiger partial charge in [-0.1, -0.05) is 24.2 Å². The first-order chi connectivity index (χ1) is 13.2. The fraction of sp³-hybridized carbons (Fsp3) is 0.550. The van der Waals surface area contributed by atoms with Crippen LogP contribution in [0.2, 0.25) is 0 Å². The zero-order chi connectivity index (χ0) is 19.1. The molecule has 0 spiro atoms. The number of benzene rings is 1. The van der Waals surface area contributed by atoms with Gasteiger partial charge in [-0.2, -0.15) is 16.7 Å². The lowest BCUT2D eigenvalue weighted by Gasteiger charge is -2.17. The van der Waals surface area contributed by atoms with E-state index in [9.17, 15) is 0 Å². The number of rotatable bonds is 7. The van der Waals surface area contributed by atoms with Crippen LogP contribution < -0.4 is 10.6 Å². The van der Waals surface area contributed by atoms with Crippen LogP contribution in [0.15, 0.2) is 33.8 Å². The maximum Gasteiger partial charge on any atom is 0.257 e. The average Bonchev–Trinajstić information content (AvgIpc) is 3.35. The number of aliphatic imine (C=N–C) groups is 1. The van der Waals surface area contributed by atoms with Crippen LogP contribution >= 0.6 is 35.7 Å². The Morgan fingerprint density at radius 1 is 1.36 bits per heavy atom. The van der Waals surface area contributed by atoms with Crippen molar-refractivity contribution >= 4 is 41.7 Å². The quantitative estimate of drug-likeness (QED) is 0.326. The maximum absolute atomic E-state index is 5.39. The van der Waals surface area contributed by atoms with E-state index in [0.29, 0.717) is 18.5 Å². The van der Waals surface area contributed by atoms with Gasteiger partial charge >= 0.3 is 0 Å².